The summed E-state index contributed by atoms with van der Waals surface area (Å²) < 4.78 is 1.64. The molecule has 1 fully saturated rings. The molecule has 2 atom stereocenters. The van der Waals surface area contributed by atoms with Crippen LogP contribution in [-0.2, 0) is 4.79 Å². The predicted molar refractivity (Wildman–Crippen MR) is 93.2 cm³/mol. The van der Waals surface area contributed by atoms with Crippen LogP contribution >= 0.6 is 11.6 Å². The molecule has 1 aliphatic rings. The minimum Gasteiger partial charge on any atom is -0.271 e. The van der Waals surface area contributed by atoms with Gasteiger partial charge in [-0.25, -0.2) is 15.5 Å². The predicted octanol–water partition coefficient (Wildman–Crippen LogP) is 1.54. The standard InChI is InChI=1S/C16H19ClN6O/c1-10-8-14(20-19-10)16(24)21-18-9-13-11(2)22-23(15(13)17)12-6-4-3-5-7-12/h3-7,9-10,14,19-20H,8H2,1-2H3,(H,21,24)/b18-9+. The van der Waals surface area contributed by atoms with E-state index in [9.17, 15) is 4.79 Å². The summed E-state index contributed by atoms with van der Waals surface area (Å²) in [6.07, 6.45) is 2.24. The van der Waals surface area contributed by atoms with Gasteiger partial charge in [-0.3, -0.25) is 10.2 Å². The first-order valence-corrected chi connectivity index (χ1v) is 8.08. The maximum Gasteiger partial charge on any atom is 0.258 e. The summed E-state index contributed by atoms with van der Waals surface area (Å²) in [6.45, 7) is 3.85. The number of halogens is 1. The molecule has 0 radical (unpaired) electrons. The Morgan fingerprint density at radius 2 is 2.17 bits per heavy atom. The molecule has 0 bridgehead atoms. The lowest BCUT2D eigenvalue weighted by molar-refractivity contribution is -0.122. The zero-order chi connectivity index (χ0) is 17.1. The van der Waals surface area contributed by atoms with Gasteiger partial charge in [0.2, 0.25) is 0 Å². The van der Waals surface area contributed by atoms with Crippen molar-refractivity contribution in [1.29, 1.82) is 0 Å². The number of hydrazone groups is 1. The summed E-state index contributed by atoms with van der Waals surface area (Å²) in [6, 6.07) is 9.56. The molecule has 24 heavy (non-hydrogen) atoms. The number of hydrogen-bond acceptors (Lipinski definition) is 5. The number of aromatic nitrogens is 2. The molecule has 1 aliphatic heterocycles. The largest absolute Gasteiger partial charge is 0.271 e. The first-order valence-electron chi connectivity index (χ1n) is 7.70. The Bertz CT molecular complexity index is 757. The highest BCUT2D eigenvalue weighted by atomic mass is 35.5. The van der Waals surface area contributed by atoms with Gasteiger partial charge >= 0.3 is 0 Å². The molecule has 0 aliphatic carbocycles. The fraction of sp³-hybridized carbons (Fsp3) is 0.312. The number of para-hydroxylation sites is 1. The Labute approximate surface area is 145 Å². The fourth-order valence-corrected chi connectivity index (χ4v) is 2.84. The lowest BCUT2D eigenvalue weighted by Gasteiger charge is -2.06. The molecular weight excluding hydrogens is 328 g/mol. The van der Waals surface area contributed by atoms with Crippen molar-refractivity contribution >= 4 is 23.7 Å². The first-order chi connectivity index (χ1) is 11.6. The Balaban J connectivity index is 1.71. The Hall–Kier alpha value is -2.22. The second-order valence-corrected chi connectivity index (χ2v) is 6.11. The number of carbonyl (C=O) groups excluding carboxylic acids is 1. The van der Waals surface area contributed by atoms with Crippen molar-refractivity contribution in [2.24, 2.45) is 5.10 Å². The van der Waals surface area contributed by atoms with E-state index in [1.165, 1.54) is 6.21 Å². The molecule has 8 heteroatoms. The quantitative estimate of drug-likeness (QED) is 0.579. The lowest BCUT2D eigenvalue weighted by atomic mass is 10.1. The molecule has 126 valence electrons. The van der Waals surface area contributed by atoms with Crippen LogP contribution < -0.4 is 16.3 Å². The van der Waals surface area contributed by atoms with Gasteiger partial charge in [0.25, 0.3) is 5.91 Å². The highest BCUT2D eigenvalue weighted by Crippen LogP contribution is 2.21. The van der Waals surface area contributed by atoms with E-state index in [1.807, 2.05) is 44.2 Å². The molecule has 1 aromatic carbocycles. The van der Waals surface area contributed by atoms with Gasteiger partial charge in [0.1, 0.15) is 11.2 Å². The summed E-state index contributed by atoms with van der Waals surface area (Å²) >= 11 is 6.40. The summed E-state index contributed by atoms with van der Waals surface area (Å²) in [4.78, 5) is 12.0. The summed E-state index contributed by atoms with van der Waals surface area (Å²) in [5, 5.41) is 8.88. The highest BCUT2D eigenvalue weighted by molar-refractivity contribution is 6.32. The van der Waals surface area contributed by atoms with Crippen LogP contribution in [0.5, 0.6) is 0 Å². The zero-order valence-corrected chi connectivity index (χ0v) is 14.2. The minimum atomic E-state index is -0.291. The van der Waals surface area contributed by atoms with Crippen LogP contribution in [0.3, 0.4) is 0 Å². The third-order valence-corrected chi connectivity index (χ3v) is 4.19. The molecule has 1 amide bonds. The van der Waals surface area contributed by atoms with Gasteiger partial charge in [-0.05, 0) is 32.4 Å². The van der Waals surface area contributed by atoms with Gasteiger partial charge in [0.15, 0.2) is 0 Å². The number of aryl methyl sites for hydroxylation is 1. The highest BCUT2D eigenvalue weighted by Gasteiger charge is 2.26. The molecule has 1 saturated heterocycles. The summed E-state index contributed by atoms with van der Waals surface area (Å²) in [7, 11) is 0. The van der Waals surface area contributed by atoms with E-state index in [4.69, 9.17) is 11.6 Å². The van der Waals surface area contributed by atoms with Gasteiger partial charge < -0.3 is 0 Å². The van der Waals surface area contributed by atoms with Crippen LogP contribution in [0.2, 0.25) is 5.15 Å². The van der Waals surface area contributed by atoms with Gasteiger partial charge in [0.05, 0.1) is 23.2 Å². The molecule has 2 aromatic rings. The molecule has 0 saturated carbocycles. The number of benzene rings is 1. The molecule has 2 unspecified atom stereocenters. The van der Waals surface area contributed by atoms with Gasteiger partial charge in [-0.1, -0.05) is 29.8 Å². The van der Waals surface area contributed by atoms with E-state index in [-0.39, 0.29) is 18.0 Å². The van der Waals surface area contributed by atoms with Crippen LogP contribution in [-0.4, -0.2) is 34.0 Å². The van der Waals surface area contributed by atoms with Crippen LogP contribution in [0, 0.1) is 6.92 Å². The molecule has 3 N–H and O–H groups in total. The lowest BCUT2D eigenvalue weighted by Crippen LogP contribution is -2.41. The maximum atomic E-state index is 12.0. The number of nitrogens with zero attached hydrogens (tertiary/aromatic N) is 3. The Morgan fingerprint density at radius 1 is 1.42 bits per heavy atom. The van der Waals surface area contributed by atoms with Crippen molar-refractivity contribution in [3.05, 3.63) is 46.7 Å². The average molecular weight is 347 g/mol. The molecule has 2 heterocycles. The van der Waals surface area contributed by atoms with Crippen molar-refractivity contribution < 1.29 is 4.79 Å². The fourth-order valence-electron chi connectivity index (χ4n) is 2.52. The second kappa shape index (κ2) is 7.12. The molecule has 3 rings (SSSR count). The average Bonchev–Trinajstić information content (AvgIpc) is 3.13. The number of carbonyl (C=O) groups is 1. The number of nitrogens with one attached hydrogen (secondary N) is 3. The van der Waals surface area contributed by atoms with Gasteiger partial charge in [0, 0.05) is 6.04 Å². The minimum absolute atomic E-state index is 0.188. The maximum absolute atomic E-state index is 12.0. The second-order valence-electron chi connectivity index (χ2n) is 5.75. The first kappa shape index (κ1) is 16.6. The number of rotatable bonds is 4. The van der Waals surface area contributed by atoms with Crippen molar-refractivity contribution in [2.75, 3.05) is 0 Å². The third-order valence-electron chi connectivity index (χ3n) is 3.83. The monoisotopic (exact) mass is 346 g/mol. The van der Waals surface area contributed by atoms with E-state index >= 15 is 0 Å². The van der Waals surface area contributed by atoms with Gasteiger partial charge in [-0.2, -0.15) is 10.2 Å². The Kier molecular flexibility index (Phi) is 4.94. The van der Waals surface area contributed by atoms with Crippen LogP contribution in [0.25, 0.3) is 5.69 Å². The number of amides is 1. The van der Waals surface area contributed by atoms with E-state index in [2.05, 4.69) is 26.5 Å². The third kappa shape index (κ3) is 3.48. The van der Waals surface area contributed by atoms with Gasteiger partial charge in [-0.15, -0.1) is 0 Å². The zero-order valence-electron chi connectivity index (χ0n) is 13.5. The topological polar surface area (TPSA) is 83.3 Å². The smallest absolute Gasteiger partial charge is 0.258 e. The van der Waals surface area contributed by atoms with Crippen molar-refractivity contribution in [1.82, 2.24) is 26.1 Å². The molecular formula is C16H19ClN6O. The van der Waals surface area contributed by atoms with Crippen molar-refractivity contribution in [3.8, 4) is 5.69 Å². The van der Waals surface area contributed by atoms with E-state index in [0.717, 1.165) is 11.4 Å². The summed E-state index contributed by atoms with van der Waals surface area (Å²) in [5.74, 6) is -0.188. The van der Waals surface area contributed by atoms with E-state index < -0.39 is 0 Å². The number of hydrazine groups is 1. The van der Waals surface area contributed by atoms with Crippen molar-refractivity contribution in [3.63, 3.8) is 0 Å². The van der Waals surface area contributed by atoms with E-state index in [1.54, 1.807) is 4.68 Å². The molecule has 0 spiro atoms. The van der Waals surface area contributed by atoms with E-state index in [0.29, 0.717) is 17.1 Å². The van der Waals surface area contributed by atoms with Crippen LogP contribution in [0.15, 0.2) is 35.4 Å². The summed E-state index contributed by atoms with van der Waals surface area (Å²) in [5.41, 5.74) is 10.7. The SMILES string of the molecule is Cc1nn(-c2ccccc2)c(Cl)c1/C=N/NC(=O)C1CC(C)NN1. The molecule has 1 aromatic heterocycles. The number of hydrogen-bond donors (Lipinski definition) is 3. The van der Waals surface area contributed by atoms with Crippen LogP contribution in [0.4, 0.5) is 0 Å². The van der Waals surface area contributed by atoms with Crippen LogP contribution in [0.1, 0.15) is 24.6 Å². The Morgan fingerprint density at radius 3 is 2.83 bits per heavy atom. The molecule has 7 nitrogen and oxygen atoms in total. The van der Waals surface area contributed by atoms with Crippen molar-refractivity contribution in [2.45, 2.75) is 32.4 Å². The normalized spacial score (nSPS) is 20.6.